The van der Waals surface area contributed by atoms with Crippen LogP contribution in [0.1, 0.15) is 0 Å². The predicted molar refractivity (Wildman–Crippen MR) is 33.9 cm³/mol. The first kappa shape index (κ1) is 4.55. The van der Waals surface area contributed by atoms with E-state index in [-0.39, 0.29) is 6.29 Å². The molecule has 0 aromatic heterocycles. The van der Waals surface area contributed by atoms with E-state index < -0.39 is 0 Å². The smallest absolute Gasteiger partial charge is 0.236 e. The molecule has 0 aromatic rings. The molecule has 4 heteroatoms. The summed E-state index contributed by atoms with van der Waals surface area (Å²) in [6, 6.07) is 0. The fourth-order valence-electron chi connectivity index (χ4n) is 0.753. The lowest BCUT2D eigenvalue weighted by Gasteiger charge is -2.15. The molecule has 2 heterocycles. The van der Waals surface area contributed by atoms with Crippen LogP contribution in [-0.2, 0) is 0 Å². The van der Waals surface area contributed by atoms with Gasteiger partial charge in [-0.05, 0) is 6.08 Å². The van der Waals surface area contributed by atoms with Crippen molar-refractivity contribution >= 4 is 12.6 Å². The Morgan fingerprint density at radius 3 is 3.33 bits per heavy atom. The van der Waals surface area contributed by atoms with Crippen molar-refractivity contribution in [1.29, 1.82) is 0 Å². The van der Waals surface area contributed by atoms with Gasteiger partial charge in [-0.15, -0.1) is 0 Å². The number of nitrogens with zero attached hydrogens (tertiary/aromatic N) is 4. The van der Waals surface area contributed by atoms with Crippen molar-refractivity contribution in [2.24, 2.45) is 10.1 Å². The van der Waals surface area contributed by atoms with Gasteiger partial charge in [-0.25, -0.2) is 15.3 Å². The summed E-state index contributed by atoms with van der Waals surface area (Å²) in [7, 11) is 0. The van der Waals surface area contributed by atoms with E-state index in [4.69, 9.17) is 0 Å². The zero-order chi connectivity index (χ0) is 6.10. The summed E-state index contributed by atoms with van der Waals surface area (Å²) in [6.45, 7) is 0. The van der Waals surface area contributed by atoms with E-state index in [9.17, 15) is 0 Å². The first-order chi connectivity index (χ1) is 4.47. The van der Waals surface area contributed by atoms with E-state index in [0.29, 0.717) is 0 Å². The summed E-state index contributed by atoms with van der Waals surface area (Å²) in [5.74, 6) is 0. The van der Waals surface area contributed by atoms with E-state index in [0.717, 1.165) is 0 Å². The molecule has 2 rings (SSSR count). The van der Waals surface area contributed by atoms with E-state index in [1.165, 1.54) is 6.34 Å². The van der Waals surface area contributed by atoms with Crippen LogP contribution in [-0.4, -0.2) is 23.9 Å². The molecule has 2 aliphatic rings. The zero-order valence-corrected chi connectivity index (χ0v) is 4.68. The monoisotopic (exact) mass is 121 g/mol. The molecule has 9 heavy (non-hydrogen) atoms. The lowest BCUT2D eigenvalue weighted by atomic mass is 10.5. The van der Waals surface area contributed by atoms with Gasteiger partial charge in [0.05, 0.1) is 0 Å². The molecule has 0 bridgehead atoms. The van der Waals surface area contributed by atoms with Crippen LogP contribution in [0.15, 0.2) is 22.4 Å². The molecule has 0 fully saturated rings. The number of hydrogen-bond acceptors (Lipinski definition) is 3. The quantitative estimate of drug-likeness (QED) is 0.435. The second kappa shape index (κ2) is 1.58. The molecule has 1 atom stereocenters. The zero-order valence-electron chi connectivity index (χ0n) is 4.68. The van der Waals surface area contributed by atoms with Crippen LogP contribution in [0.25, 0.3) is 0 Å². The summed E-state index contributed by atoms with van der Waals surface area (Å²) < 4.78 is 0. The summed E-state index contributed by atoms with van der Waals surface area (Å²) in [6.07, 6.45) is 6.78. The highest BCUT2D eigenvalue weighted by molar-refractivity contribution is 5.72. The van der Waals surface area contributed by atoms with Crippen LogP contribution in [0.3, 0.4) is 0 Å². The van der Waals surface area contributed by atoms with Gasteiger partial charge in [-0.2, -0.15) is 5.10 Å². The van der Waals surface area contributed by atoms with Crippen molar-refractivity contribution in [3.05, 3.63) is 12.3 Å². The number of hydrogen-bond donors (Lipinski definition) is 0. The lowest BCUT2D eigenvalue weighted by molar-refractivity contribution is 0.306. The van der Waals surface area contributed by atoms with E-state index in [1.807, 2.05) is 12.3 Å². The van der Waals surface area contributed by atoms with Gasteiger partial charge in [-0.1, -0.05) is 0 Å². The molecule has 2 aliphatic heterocycles. The number of rotatable bonds is 0. The molecule has 4 nitrogen and oxygen atoms in total. The van der Waals surface area contributed by atoms with Crippen molar-refractivity contribution in [2.45, 2.75) is 6.29 Å². The molecule has 45 valence electrons. The van der Waals surface area contributed by atoms with E-state index in [1.54, 1.807) is 11.2 Å². The molecular formula is C5H5N4. The normalized spacial score (nSPS) is 28.4. The van der Waals surface area contributed by atoms with Gasteiger partial charge in [0.2, 0.25) is 6.29 Å². The Bertz CT molecular complexity index is 193. The van der Waals surface area contributed by atoms with Crippen molar-refractivity contribution in [3.8, 4) is 0 Å². The maximum atomic E-state index is 4.01. The standard InChI is InChI=1S/C5H5N4/c1-2-6-5-7-4-8-9(5)3-1/h1-5H. The second-order valence-corrected chi connectivity index (χ2v) is 1.75. The number of allylic oxidation sites excluding steroid dienone is 1. The Kier molecular flexibility index (Phi) is 0.798. The molecular weight excluding hydrogens is 116 g/mol. The highest BCUT2D eigenvalue weighted by Gasteiger charge is 2.18. The molecule has 0 saturated heterocycles. The van der Waals surface area contributed by atoms with Gasteiger partial charge < -0.3 is 0 Å². The first-order valence-corrected chi connectivity index (χ1v) is 2.67. The summed E-state index contributed by atoms with van der Waals surface area (Å²) in [5, 5.41) is 9.54. The van der Waals surface area contributed by atoms with Crippen LogP contribution in [0.4, 0.5) is 0 Å². The summed E-state index contributed by atoms with van der Waals surface area (Å²) in [5.41, 5.74) is 0. The third kappa shape index (κ3) is 0.595. The Hall–Kier alpha value is -1.32. The van der Waals surface area contributed by atoms with Gasteiger partial charge in [0, 0.05) is 12.4 Å². The van der Waals surface area contributed by atoms with Crippen LogP contribution in [0.2, 0.25) is 0 Å². The minimum absolute atomic E-state index is 0.116. The molecule has 1 unspecified atom stereocenters. The average molecular weight is 121 g/mol. The molecule has 0 amide bonds. The molecule has 0 aliphatic carbocycles. The third-order valence-electron chi connectivity index (χ3n) is 1.17. The Balaban J connectivity index is 2.25. The van der Waals surface area contributed by atoms with Crippen molar-refractivity contribution in [2.75, 3.05) is 0 Å². The maximum absolute atomic E-state index is 4.01. The molecule has 1 radical (unpaired) electrons. The van der Waals surface area contributed by atoms with Crippen molar-refractivity contribution in [3.63, 3.8) is 0 Å². The largest absolute Gasteiger partial charge is 0.245 e. The second-order valence-electron chi connectivity index (χ2n) is 1.75. The highest BCUT2D eigenvalue weighted by Crippen LogP contribution is 2.07. The molecule has 0 N–H and O–H groups in total. The van der Waals surface area contributed by atoms with Crippen LogP contribution in [0, 0.1) is 0 Å². The van der Waals surface area contributed by atoms with Crippen molar-refractivity contribution in [1.82, 2.24) is 10.3 Å². The SMILES string of the molecule is C1=CN2N=C[N]C2N=C1. The fourth-order valence-corrected chi connectivity index (χ4v) is 0.753. The number of fused-ring (bicyclic) bond motifs is 1. The lowest BCUT2D eigenvalue weighted by Crippen LogP contribution is -2.27. The van der Waals surface area contributed by atoms with Crippen LogP contribution >= 0.6 is 0 Å². The predicted octanol–water partition coefficient (Wildman–Crippen LogP) is -0.269. The van der Waals surface area contributed by atoms with Crippen molar-refractivity contribution < 1.29 is 0 Å². The number of hydrazone groups is 1. The minimum Gasteiger partial charge on any atom is -0.245 e. The first-order valence-electron chi connectivity index (χ1n) is 2.67. The third-order valence-corrected chi connectivity index (χ3v) is 1.17. The number of aliphatic imine (C=N–C) groups is 1. The van der Waals surface area contributed by atoms with E-state index in [2.05, 4.69) is 15.4 Å². The van der Waals surface area contributed by atoms with Crippen LogP contribution < -0.4 is 5.32 Å². The Labute approximate surface area is 52.6 Å². The van der Waals surface area contributed by atoms with Gasteiger partial charge >= 0.3 is 0 Å². The Morgan fingerprint density at radius 2 is 2.44 bits per heavy atom. The summed E-state index contributed by atoms with van der Waals surface area (Å²) in [4.78, 5) is 4.01. The maximum Gasteiger partial charge on any atom is 0.236 e. The molecule has 0 spiro atoms. The van der Waals surface area contributed by atoms with E-state index >= 15 is 0 Å². The topological polar surface area (TPSA) is 42.1 Å². The average Bonchev–Trinajstić information content (AvgIpc) is 2.33. The Morgan fingerprint density at radius 1 is 1.44 bits per heavy atom. The van der Waals surface area contributed by atoms with Gasteiger partial charge in [0.25, 0.3) is 0 Å². The van der Waals surface area contributed by atoms with Crippen LogP contribution in [0.5, 0.6) is 0 Å². The molecule has 0 saturated carbocycles. The highest BCUT2D eigenvalue weighted by atomic mass is 15.6. The van der Waals surface area contributed by atoms with Gasteiger partial charge in [0.1, 0.15) is 6.34 Å². The fraction of sp³-hybridized carbons (Fsp3) is 0.200. The van der Waals surface area contributed by atoms with Gasteiger partial charge in [0.15, 0.2) is 0 Å². The molecule has 0 aromatic carbocycles. The van der Waals surface area contributed by atoms with Gasteiger partial charge in [-0.3, -0.25) is 0 Å². The summed E-state index contributed by atoms with van der Waals surface area (Å²) >= 11 is 0. The minimum atomic E-state index is -0.116.